The summed E-state index contributed by atoms with van der Waals surface area (Å²) < 4.78 is 0. The summed E-state index contributed by atoms with van der Waals surface area (Å²) in [5, 5.41) is 26.1. The molecule has 0 amide bonds. The fourth-order valence-electron chi connectivity index (χ4n) is 5.39. The van der Waals surface area contributed by atoms with E-state index in [0.717, 1.165) is 32.8 Å². The Morgan fingerprint density at radius 3 is 2.20 bits per heavy atom. The van der Waals surface area contributed by atoms with E-state index in [4.69, 9.17) is 10.1 Å². The number of aromatic nitrogens is 1. The first-order valence-corrected chi connectivity index (χ1v) is 17.7. The molecular formula is C38H33IrN2O2Si-. The largest absolute Gasteiger partial charge is 0.512 e. The number of aliphatic hydroxyl groups excluding tert-OH is 1. The molecule has 5 aromatic carbocycles. The van der Waals surface area contributed by atoms with Gasteiger partial charge in [-0.2, -0.15) is 5.26 Å². The van der Waals surface area contributed by atoms with Gasteiger partial charge in [0.25, 0.3) is 0 Å². The maximum atomic E-state index is 10.0. The fourth-order valence-corrected chi connectivity index (χ4v) is 6.57. The Hall–Kier alpha value is -4.40. The minimum atomic E-state index is -1.42. The van der Waals surface area contributed by atoms with Gasteiger partial charge < -0.3 is 5.11 Å². The third-order valence-electron chi connectivity index (χ3n) is 7.41. The Morgan fingerprint density at radius 2 is 1.52 bits per heavy atom. The Balaban J connectivity index is 0.000000497. The van der Waals surface area contributed by atoms with Crippen molar-refractivity contribution in [3.05, 3.63) is 121 Å². The van der Waals surface area contributed by atoms with E-state index in [-0.39, 0.29) is 31.6 Å². The van der Waals surface area contributed by atoms with E-state index in [1.807, 2.05) is 36.5 Å². The minimum Gasteiger partial charge on any atom is -0.512 e. The number of fused-ring (bicyclic) bond motifs is 4. The number of benzene rings is 5. The summed E-state index contributed by atoms with van der Waals surface area (Å²) in [5.74, 6) is -0.0625. The zero-order valence-electron chi connectivity index (χ0n) is 25.4. The van der Waals surface area contributed by atoms with E-state index in [2.05, 4.69) is 92.4 Å². The Bertz CT molecular complexity index is 2080. The van der Waals surface area contributed by atoms with Crippen LogP contribution < -0.4 is 5.19 Å². The standard InChI is InChI=1S/C33H25N2Si.C5H8O2.Ir/c1-36(2,3)26-10-6-9-23(20-26)28-12-7-13-29-30(28)14-15-32-31(29)16-17-35-33(32)24-18-22-8-4-5-11-27(22)25(19-24)21-34;1-4(6)3-5(2)7;/h4-17,19-20H,1-3H3;3,6H,1-2H3;/q-1;;/b;4-3-;. The number of aliphatic hydroxyl groups is 1. The number of rotatable bonds is 4. The summed E-state index contributed by atoms with van der Waals surface area (Å²) in [4.78, 5) is 14.8. The molecule has 4 nitrogen and oxygen atoms in total. The van der Waals surface area contributed by atoms with Gasteiger partial charge in [0.2, 0.25) is 0 Å². The average molecular weight is 770 g/mol. The van der Waals surface area contributed by atoms with Crippen LogP contribution in [0.2, 0.25) is 19.6 Å². The summed E-state index contributed by atoms with van der Waals surface area (Å²) >= 11 is 0. The molecule has 0 fully saturated rings. The van der Waals surface area contributed by atoms with Crippen LogP contribution in [0.5, 0.6) is 0 Å². The second kappa shape index (κ2) is 13.5. The van der Waals surface area contributed by atoms with Crippen LogP contribution >= 0.6 is 0 Å². The van der Waals surface area contributed by atoms with Crippen LogP contribution in [0.25, 0.3) is 54.7 Å². The molecule has 6 heteroatoms. The number of hydrogen-bond acceptors (Lipinski definition) is 4. The van der Waals surface area contributed by atoms with E-state index in [1.165, 1.54) is 47.0 Å². The van der Waals surface area contributed by atoms with E-state index in [0.29, 0.717) is 5.56 Å². The van der Waals surface area contributed by atoms with Gasteiger partial charge in [0.15, 0.2) is 5.78 Å². The van der Waals surface area contributed by atoms with Crippen molar-refractivity contribution in [3.8, 4) is 28.5 Å². The van der Waals surface area contributed by atoms with Gasteiger partial charge in [0.05, 0.1) is 19.9 Å². The molecule has 0 aliphatic carbocycles. The van der Waals surface area contributed by atoms with Crippen LogP contribution in [-0.2, 0) is 24.9 Å². The summed E-state index contributed by atoms with van der Waals surface area (Å²) in [6, 6.07) is 37.7. The van der Waals surface area contributed by atoms with Crippen molar-refractivity contribution < 1.29 is 30.0 Å². The Morgan fingerprint density at radius 1 is 0.841 bits per heavy atom. The number of nitriles is 1. The number of carbonyl (C=O) groups is 1. The summed E-state index contributed by atoms with van der Waals surface area (Å²) in [7, 11) is -1.42. The van der Waals surface area contributed by atoms with Crippen LogP contribution in [0.15, 0.2) is 109 Å². The predicted molar refractivity (Wildman–Crippen MR) is 181 cm³/mol. The predicted octanol–water partition coefficient (Wildman–Crippen LogP) is 9.13. The maximum Gasteiger partial charge on any atom is 0.155 e. The molecule has 0 unspecified atom stereocenters. The monoisotopic (exact) mass is 770 g/mol. The first-order valence-electron chi connectivity index (χ1n) is 14.2. The maximum absolute atomic E-state index is 10.0. The fraction of sp³-hybridized carbons (Fsp3) is 0.132. The van der Waals surface area contributed by atoms with Crippen molar-refractivity contribution in [1.82, 2.24) is 4.98 Å². The molecular weight excluding hydrogens is 737 g/mol. The quantitative estimate of drug-likeness (QED) is 0.0639. The normalized spacial score (nSPS) is 11.4. The first kappa shape index (κ1) is 32.5. The third kappa shape index (κ3) is 6.87. The molecule has 0 bridgehead atoms. The molecule has 0 saturated carbocycles. The van der Waals surface area contributed by atoms with Gasteiger partial charge in [-0.25, -0.2) is 0 Å². The molecule has 6 aromatic rings. The number of hydrogen-bond donors (Lipinski definition) is 1. The topological polar surface area (TPSA) is 74.0 Å². The van der Waals surface area contributed by atoms with E-state index >= 15 is 0 Å². The van der Waals surface area contributed by atoms with Gasteiger partial charge in [-0.1, -0.05) is 109 Å². The van der Waals surface area contributed by atoms with Crippen LogP contribution in [0.4, 0.5) is 0 Å². The average Bonchev–Trinajstić information content (AvgIpc) is 2.99. The smallest absolute Gasteiger partial charge is 0.155 e. The molecule has 6 rings (SSSR count). The van der Waals surface area contributed by atoms with Crippen molar-refractivity contribution in [2.24, 2.45) is 0 Å². The third-order valence-corrected chi connectivity index (χ3v) is 9.45. The number of nitrogens with zero attached hydrogens (tertiary/aromatic N) is 2. The minimum absolute atomic E-state index is 0. The molecule has 1 radical (unpaired) electrons. The second-order valence-corrected chi connectivity index (χ2v) is 16.8. The molecule has 0 spiro atoms. The van der Waals surface area contributed by atoms with Crippen LogP contribution in [-0.4, -0.2) is 23.9 Å². The van der Waals surface area contributed by atoms with E-state index in [9.17, 15) is 10.1 Å². The van der Waals surface area contributed by atoms with Crippen LogP contribution in [0.3, 0.4) is 0 Å². The molecule has 221 valence electrons. The number of carbonyl (C=O) groups excluding carboxylic acids is 1. The van der Waals surface area contributed by atoms with Gasteiger partial charge in [0.1, 0.15) is 0 Å². The van der Waals surface area contributed by atoms with Crippen molar-refractivity contribution >= 4 is 51.4 Å². The SMILES string of the molecule is CC(=O)/C=C(/C)O.C[Si](C)(C)c1cccc(-c2cccc3c2ccc2c(-c4[c-]c5ccccc5c(C#N)c4)nccc23)c1.[Ir]. The number of ketones is 1. The van der Waals surface area contributed by atoms with Gasteiger partial charge >= 0.3 is 0 Å². The van der Waals surface area contributed by atoms with Gasteiger partial charge in [0, 0.05) is 38.1 Å². The zero-order chi connectivity index (χ0) is 30.7. The van der Waals surface area contributed by atoms with Crippen molar-refractivity contribution in [3.63, 3.8) is 0 Å². The van der Waals surface area contributed by atoms with Crippen LogP contribution in [0, 0.1) is 17.4 Å². The van der Waals surface area contributed by atoms with E-state index < -0.39 is 8.07 Å². The van der Waals surface area contributed by atoms with Gasteiger partial charge in [-0.15, -0.1) is 23.6 Å². The molecule has 0 saturated heterocycles. The van der Waals surface area contributed by atoms with Crippen molar-refractivity contribution in [2.75, 3.05) is 0 Å². The molecule has 44 heavy (non-hydrogen) atoms. The van der Waals surface area contributed by atoms with Gasteiger partial charge in [-0.05, 0) is 58.1 Å². The molecule has 0 atom stereocenters. The Kier molecular flexibility index (Phi) is 9.97. The second-order valence-electron chi connectivity index (χ2n) is 11.7. The summed E-state index contributed by atoms with van der Waals surface area (Å²) in [6.45, 7) is 10.0. The first-order chi connectivity index (χ1) is 20.6. The Labute approximate surface area is 273 Å². The van der Waals surface area contributed by atoms with Crippen LogP contribution in [0.1, 0.15) is 19.4 Å². The molecule has 1 N–H and O–H groups in total. The van der Waals surface area contributed by atoms with Crippen molar-refractivity contribution in [1.29, 1.82) is 5.26 Å². The zero-order valence-corrected chi connectivity index (χ0v) is 28.8. The van der Waals surface area contributed by atoms with Crippen molar-refractivity contribution in [2.45, 2.75) is 33.5 Å². The summed E-state index contributed by atoms with van der Waals surface area (Å²) in [6.07, 6.45) is 3.03. The van der Waals surface area contributed by atoms with E-state index in [1.54, 1.807) is 0 Å². The molecule has 0 aliphatic heterocycles. The number of pyridine rings is 1. The molecule has 1 aromatic heterocycles. The molecule has 1 heterocycles. The summed E-state index contributed by atoms with van der Waals surface area (Å²) in [5.41, 5.74) is 4.84. The molecule has 0 aliphatic rings. The number of allylic oxidation sites excluding steroid dienone is 2. The van der Waals surface area contributed by atoms with Gasteiger partial charge in [-0.3, -0.25) is 9.78 Å².